The summed E-state index contributed by atoms with van der Waals surface area (Å²) in [4.78, 5) is 0.179. The van der Waals surface area contributed by atoms with Crippen LogP contribution in [-0.4, -0.2) is 8.42 Å². The predicted molar refractivity (Wildman–Crippen MR) is 62.1 cm³/mol. The highest BCUT2D eigenvalue weighted by molar-refractivity contribution is 7.94. The molecule has 0 unspecified atom stereocenters. The lowest BCUT2D eigenvalue weighted by Gasteiger charge is -2.04. The van der Waals surface area contributed by atoms with Crippen LogP contribution in [0, 0.1) is 0 Å². The first-order valence-electron chi connectivity index (χ1n) is 4.74. The van der Waals surface area contributed by atoms with Crippen LogP contribution in [0.2, 0.25) is 0 Å². The standard InChI is InChI=1S/C11H15NO2S/c1-3-9(2)8-15(13,14)11-7-5-4-6-10(11)12/h4-8H,3,12H2,1-2H3/b9-8-. The Balaban J connectivity index is 3.25. The van der Waals surface area contributed by atoms with Gasteiger partial charge in [-0.2, -0.15) is 0 Å². The molecule has 0 fully saturated rings. The molecule has 0 aromatic heterocycles. The third-order valence-electron chi connectivity index (χ3n) is 2.14. The van der Waals surface area contributed by atoms with Crippen LogP contribution in [0.15, 0.2) is 40.1 Å². The van der Waals surface area contributed by atoms with Crippen LogP contribution >= 0.6 is 0 Å². The van der Waals surface area contributed by atoms with Crippen molar-refractivity contribution in [2.45, 2.75) is 25.2 Å². The number of para-hydroxylation sites is 1. The number of nitrogens with two attached hydrogens (primary N) is 1. The molecule has 0 aliphatic carbocycles. The Morgan fingerprint density at radius 1 is 1.40 bits per heavy atom. The SMILES string of the molecule is CC/C(C)=C\S(=O)(=O)c1ccccc1N. The maximum atomic E-state index is 11.9. The van der Waals surface area contributed by atoms with Crippen molar-refractivity contribution in [3.8, 4) is 0 Å². The summed E-state index contributed by atoms with van der Waals surface area (Å²) in [6.45, 7) is 3.70. The minimum atomic E-state index is -3.39. The lowest BCUT2D eigenvalue weighted by molar-refractivity contribution is 0.604. The van der Waals surface area contributed by atoms with Gasteiger partial charge in [-0.15, -0.1) is 0 Å². The van der Waals surface area contributed by atoms with Gasteiger partial charge in [0.25, 0.3) is 0 Å². The first kappa shape index (κ1) is 11.8. The van der Waals surface area contributed by atoms with Crippen molar-refractivity contribution in [2.24, 2.45) is 0 Å². The molecule has 1 rings (SSSR count). The molecule has 1 aromatic rings. The summed E-state index contributed by atoms with van der Waals surface area (Å²) in [5.41, 5.74) is 6.72. The summed E-state index contributed by atoms with van der Waals surface area (Å²) < 4.78 is 23.7. The number of nitrogen functional groups attached to an aromatic ring is 1. The second-order valence-electron chi connectivity index (χ2n) is 3.40. The molecule has 1 aromatic carbocycles. The van der Waals surface area contributed by atoms with Crippen LogP contribution in [-0.2, 0) is 9.84 Å². The van der Waals surface area contributed by atoms with Crippen molar-refractivity contribution in [2.75, 3.05) is 5.73 Å². The Kier molecular flexibility index (Phi) is 3.52. The number of allylic oxidation sites excluding steroid dienone is 1. The summed E-state index contributed by atoms with van der Waals surface area (Å²) in [7, 11) is -3.39. The number of benzene rings is 1. The summed E-state index contributed by atoms with van der Waals surface area (Å²) in [5.74, 6) is 0. The van der Waals surface area contributed by atoms with E-state index in [4.69, 9.17) is 5.73 Å². The van der Waals surface area contributed by atoms with Gasteiger partial charge in [0.15, 0.2) is 0 Å². The van der Waals surface area contributed by atoms with E-state index in [1.54, 1.807) is 25.1 Å². The van der Waals surface area contributed by atoms with E-state index in [9.17, 15) is 8.42 Å². The zero-order chi connectivity index (χ0) is 11.5. The van der Waals surface area contributed by atoms with E-state index in [0.717, 1.165) is 5.57 Å². The topological polar surface area (TPSA) is 60.2 Å². The molecular weight excluding hydrogens is 210 g/mol. The largest absolute Gasteiger partial charge is 0.398 e. The quantitative estimate of drug-likeness (QED) is 0.803. The lowest BCUT2D eigenvalue weighted by atomic mass is 10.3. The molecule has 0 spiro atoms. The van der Waals surface area contributed by atoms with E-state index in [2.05, 4.69) is 0 Å². The minimum absolute atomic E-state index is 0.179. The van der Waals surface area contributed by atoms with E-state index in [0.29, 0.717) is 6.42 Å². The Hall–Kier alpha value is -1.29. The van der Waals surface area contributed by atoms with Gasteiger partial charge in [0.2, 0.25) is 9.84 Å². The second kappa shape index (κ2) is 4.49. The Bertz CT molecular complexity index is 475. The average molecular weight is 225 g/mol. The molecule has 0 amide bonds. The van der Waals surface area contributed by atoms with E-state index in [1.165, 1.54) is 11.5 Å². The van der Waals surface area contributed by atoms with Crippen LogP contribution in [0.5, 0.6) is 0 Å². The first-order valence-corrected chi connectivity index (χ1v) is 6.28. The summed E-state index contributed by atoms with van der Waals surface area (Å²) in [6, 6.07) is 6.48. The first-order chi connectivity index (χ1) is 6.97. The van der Waals surface area contributed by atoms with Crippen LogP contribution in [0.4, 0.5) is 5.69 Å². The van der Waals surface area contributed by atoms with E-state index >= 15 is 0 Å². The smallest absolute Gasteiger partial charge is 0.201 e. The Morgan fingerprint density at radius 3 is 2.53 bits per heavy atom. The van der Waals surface area contributed by atoms with E-state index < -0.39 is 9.84 Å². The van der Waals surface area contributed by atoms with Gasteiger partial charge in [0.05, 0.1) is 10.6 Å². The van der Waals surface area contributed by atoms with E-state index in [1.807, 2.05) is 6.92 Å². The molecule has 0 aliphatic heterocycles. The molecule has 0 bridgehead atoms. The molecule has 0 aliphatic rings. The van der Waals surface area contributed by atoms with Gasteiger partial charge >= 0.3 is 0 Å². The Morgan fingerprint density at radius 2 is 2.00 bits per heavy atom. The highest BCUT2D eigenvalue weighted by Gasteiger charge is 2.13. The van der Waals surface area contributed by atoms with Gasteiger partial charge in [-0.25, -0.2) is 8.42 Å². The van der Waals surface area contributed by atoms with Gasteiger partial charge < -0.3 is 5.73 Å². The zero-order valence-corrected chi connectivity index (χ0v) is 9.71. The highest BCUT2D eigenvalue weighted by atomic mass is 32.2. The normalized spacial score (nSPS) is 12.8. The maximum absolute atomic E-state index is 11.9. The average Bonchev–Trinajstić information content (AvgIpc) is 2.17. The molecule has 0 saturated heterocycles. The van der Waals surface area contributed by atoms with Crippen LogP contribution in [0.1, 0.15) is 20.3 Å². The number of rotatable bonds is 3. The fourth-order valence-electron chi connectivity index (χ4n) is 1.15. The van der Waals surface area contributed by atoms with Gasteiger partial charge in [-0.1, -0.05) is 24.6 Å². The number of sulfone groups is 1. The van der Waals surface area contributed by atoms with Crippen LogP contribution in [0.25, 0.3) is 0 Å². The second-order valence-corrected chi connectivity index (χ2v) is 5.17. The summed E-state index contributed by atoms with van der Waals surface area (Å²) >= 11 is 0. The minimum Gasteiger partial charge on any atom is -0.398 e. The predicted octanol–water partition coefficient (Wildman–Crippen LogP) is 2.36. The van der Waals surface area contributed by atoms with Crippen molar-refractivity contribution < 1.29 is 8.42 Å². The summed E-state index contributed by atoms with van der Waals surface area (Å²) in [5, 5.41) is 1.28. The molecule has 0 atom stereocenters. The lowest BCUT2D eigenvalue weighted by Crippen LogP contribution is -2.02. The van der Waals surface area contributed by atoms with Crippen molar-refractivity contribution in [1.29, 1.82) is 0 Å². The molecule has 3 nitrogen and oxygen atoms in total. The molecule has 0 radical (unpaired) electrons. The third-order valence-corrected chi connectivity index (χ3v) is 3.84. The van der Waals surface area contributed by atoms with Crippen molar-refractivity contribution in [3.05, 3.63) is 35.2 Å². The fourth-order valence-corrected chi connectivity index (χ4v) is 2.64. The van der Waals surface area contributed by atoms with Crippen molar-refractivity contribution >= 4 is 15.5 Å². The third kappa shape index (κ3) is 2.83. The number of hydrogen-bond acceptors (Lipinski definition) is 3. The number of hydrogen-bond donors (Lipinski definition) is 1. The summed E-state index contributed by atoms with van der Waals surface area (Å²) in [6.07, 6.45) is 0.714. The van der Waals surface area contributed by atoms with Crippen molar-refractivity contribution in [1.82, 2.24) is 0 Å². The molecule has 0 saturated carbocycles. The highest BCUT2D eigenvalue weighted by Crippen LogP contribution is 2.20. The van der Waals surface area contributed by atoms with Gasteiger partial charge in [-0.3, -0.25) is 0 Å². The number of anilines is 1. The van der Waals surface area contributed by atoms with Gasteiger partial charge in [0, 0.05) is 5.41 Å². The van der Waals surface area contributed by atoms with Crippen LogP contribution in [0.3, 0.4) is 0 Å². The zero-order valence-electron chi connectivity index (χ0n) is 8.90. The Labute approximate surface area is 90.5 Å². The molecule has 0 heterocycles. The fraction of sp³-hybridized carbons (Fsp3) is 0.273. The van der Waals surface area contributed by atoms with Gasteiger partial charge in [0.1, 0.15) is 0 Å². The molecule has 15 heavy (non-hydrogen) atoms. The van der Waals surface area contributed by atoms with E-state index in [-0.39, 0.29) is 10.6 Å². The molecule has 82 valence electrons. The monoisotopic (exact) mass is 225 g/mol. The van der Waals surface area contributed by atoms with Crippen molar-refractivity contribution in [3.63, 3.8) is 0 Å². The van der Waals surface area contributed by atoms with Gasteiger partial charge in [-0.05, 0) is 25.5 Å². The maximum Gasteiger partial charge on any atom is 0.201 e. The molecule has 2 N–H and O–H groups in total. The van der Waals surface area contributed by atoms with Crippen LogP contribution < -0.4 is 5.73 Å². The molecular formula is C11H15NO2S. The molecule has 4 heteroatoms.